The number of rotatable bonds is 4. The summed E-state index contributed by atoms with van der Waals surface area (Å²) in [6.07, 6.45) is 7.79. The summed E-state index contributed by atoms with van der Waals surface area (Å²) in [5.74, 6) is 0.155. The zero-order valence-electron chi connectivity index (χ0n) is 8.31. The van der Waals surface area contributed by atoms with Crippen LogP contribution >= 0.6 is 0 Å². The van der Waals surface area contributed by atoms with Crippen molar-refractivity contribution in [3.8, 4) is 0 Å². The van der Waals surface area contributed by atoms with E-state index < -0.39 is 0 Å². The Bertz CT molecular complexity index is 334. The van der Waals surface area contributed by atoms with Crippen LogP contribution in [0.5, 0.6) is 0 Å². The molecule has 1 aromatic carbocycles. The largest absolute Gasteiger partial charge is 0.295 e. The zero-order valence-corrected chi connectivity index (χ0v) is 8.31. The molecule has 0 aliphatic heterocycles. The highest BCUT2D eigenvalue weighted by atomic mass is 16.1. The van der Waals surface area contributed by atoms with Crippen LogP contribution in [0.2, 0.25) is 0 Å². The van der Waals surface area contributed by atoms with Crippen LogP contribution in [-0.4, -0.2) is 5.78 Å². The Hall–Kier alpha value is -1.63. The molecular weight excluding hydrogens is 172 g/mol. The van der Waals surface area contributed by atoms with Crippen molar-refractivity contribution in [1.29, 1.82) is 0 Å². The van der Waals surface area contributed by atoms with Crippen molar-refractivity contribution in [3.63, 3.8) is 0 Å². The fourth-order valence-electron chi connectivity index (χ4n) is 1.01. The second kappa shape index (κ2) is 5.92. The highest BCUT2D eigenvalue weighted by molar-refractivity contribution is 5.89. The van der Waals surface area contributed by atoms with Gasteiger partial charge in [-0.3, -0.25) is 4.79 Å². The lowest BCUT2D eigenvalue weighted by molar-refractivity contribution is -0.114. The molecule has 1 nitrogen and oxygen atoms in total. The molecule has 1 aromatic rings. The summed E-state index contributed by atoms with van der Waals surface area (Å²) >= 11 is 0. The van der Waals surface area contributed by atoms with E-state index in [1.165, 1.54) is 0 Å². The van der Waals surface area contributed by atoms with Crippen molar-refractivity contribution in [2.75, 3.05) is 0 Å². The summed E-state index contributed by atoms with van der Waals surface area (Å²) in [5.41, 5.74) is 1.14. The number of carbonyl (C=O) groups excluding carboxylic acids is 1. The predicted molar refractivity (Wildman–Crippen MR) is 59.9 cm³/mol. The van der Waals surface area contributed by atoms with Gasteiger partial charge in [-0.2, -0.15) is 0 Å². The first-order valence-electron chi connectivity index (χ1n) is 4.75. The van der Waals surface area contributed by atoms with Gasteiger partial charge in [0.15, 0.2) is 5.78 Å². The van der Waals surface area contributed by atoms with Gasteiger partial charge in [-0.15, -0.1) is 0 Å². The van der Waals surface area contributed by atoms with E-state index in [9.17, 15) is 4.79 Å². The van der Waals surface area contributed by atoms with E-state index in [1.807, 2.05) is 49.4 Å². The predicted octanol–water partition coefficient (Wildman–Crippen LogP) is 3.24. The first-order chi connectivity index (χ1) is 6.83. The molecule has 0 unspecified atom stereocenters. The lowest BCUT2D eigenvalue weighted by Crippen LogP contribution is -1.85. The minimum absolute atomic E-state index is 0.155. The Morgan fingerprint density at radius 3 is 2.57 bits per heavy atom. The summed E-state index contributed by atoms with van der Waals surface area (Å²) in [4.78, 5) is 10.9. The molecule has 1 rings (SSSR count). The SMILES string of the molecule is CCC(=O)C=CC=Cc1ccccc1. The van der Waals surface area contributed by atoms with Crippen molar-refractivity contribution in [3.05, 3.63) is 54.1 Å². The van der Waals surface area contributed by atoms with Crippen LogP contribution in [0.1, 0.15) is 18.9 Å². The van der Waals surface area contributed by atoms with E-state index >= 15 is 0 Å². The smallest absolute Gasteiger partial charge is 0.155 e. The molecule has 0 saturated heterocycles. The van der Waals surface area contributed by atoms with Crippen LogP contribution < -0.4 is 0 Å². The summed E-state index contributed by atoms with van der Waals surface area (Å²) in [6, 6.07) is 9.99. The second-order valence-corrected chi connectivity index (χ2v) is 2.95. The molecule has 0 amide bonds. The van der Waals surface area contributed by atoms with Crippen molar-refractivity contribution in [2.24, 2.45) is 0 Å². The molecule has 0 spiro atoms. The third-order valence-corrected chi connectivity index (χ3v) is 1.83. The highest BCUT2D eigenvalue weighted by Crippen LogP contribution is 2.00. The number of carbonyl (C=O) groups is 1. The van der Waals surface area contributed by atoms with Gasteiger partial charge in [0.25, 0.3) is 0 Å². The summed E-state index contributed by atoms with van der Waals surface area (Å²) in [7, 11) is 0. The van der Waals surface area contributed by atoms with Gasteiger partial charge in [0.2, 0.25) is 0 Å². The lowest BCUT2D eigenvalue weighted by Gasteiger charge is -1.88. The van der Waals surface area contributed by atoms with E-state index in [0.29, 0.717) is 6.42 Å². The summed E-state index contributed by atoms with van der Waals surface area (Å²) in [5, 5.41) is 0. The molecule has 0 saturated carbocycles. The molecule has 0 aliphatic carbocycles. The number of allylic oxidation sites excluding steroid dienone is 3. The Balaban J connectivity index is 2.50. The molecule has 0 bridgehead atoms. The van der Waals surface area contributed by atoms with Crippen LogP contribution in [0, 0.1) is 0 Å². The zero-order chi connectivity index (χ0) is 10.2. The van der Waals surface area contributed by atoms with Gasteiger partial charge in [-0.1, -0.05) is 55.5 Å². The van der Waals surface area contributed by atoms with Crippen LogP contribution in [0.3, 0.4) is 0 Å². The van der Waals surface area contributed by atoms with E-state index in [4.69, 9.17) is 0 Å². The van der Waals surface area contributed by atoms with Crippen molar-refractivity contribution >= 4 is 11.9 Å². The summed E-state index contributed by atoms with van der Waals surface area (Å²) in [6.45, 7) is 1.85. The van der Waals surface area contributed by atoms with Crippen molar-refractivity contribution < 1.29 is 4.79 Å². The maximum absolute atomic E-state index is 10.9. The topological polar surface area (TPSA) is 17.1 Å². The molecule has 1 heteroatoms. The molecule has 0 aliphatic rings. The first-order valence-corrected chi connectivity index (χ1v) is 4.75. The van der Waals surface area contributed by atoms with Crippen LogP contribution in [0.25, 0.3) is 6.08 Å². The number of hydrogen-bond donors (Lipinski definition) is 0. The van der Waals surface area contributed by atoms with Gasteiger partial charge in [0.1, 0.15) is 0 Å². The fraction of sp³-hybridized carbons (Fsp3) is 0.154. The van der Waals surface area contributed by atoms with Crippen LogP contribution in [0.15, 0.2) is 48.6 Å². The maximum atomic E-state index is 10.9. The Morgan fingerprint density at radius 2 is 1.93 bits per heavy atom. The maximum Gasteiger partial charge on any atom is 0.155 e. The normalized spacial score (nSPS) is 11.2. The molecule has 14 heavy (non-hydrogen) atoms. The monoisotopic (exact) mass is 186 g/mol. The quantitative estimate of drug-likeness (QED) is 0.521. The molecule has 0 heterocycles. The van der Waals surface area contributed by atoms with Gasteiger partial charge in [0, 0.05) is 6.42 Å². The van der Waals surface area contributed by atoms with E-state index in [1.54, 1.807) is 12.2 Å². The van der Waals surface area contributed by atoms with Crippen molar-refractivity contribution in [2.45, 2.75) is 13.3 Å². The minimum atomic E-state index is 0.155. The number of hydrogen-bond acceptors (Lipinski definition) is 1. The molecule has 0 fully saturated rings. The average Bonchev–Trinajstić information content (AvgIpc) is 2.25. The lowest BCUT2D eigenvalue weighted by atomic mass is 10.2. The Kier molecular flexibility index (Phi) is 4.42. The Morgan fingerprint density at radius 1 is 1.21 bits per heavy atom. The van der Waals surface area contributed by atoms with Crippen LogP contribution in [0.4, 0.5) is 0 Å². The minimum Gasteiger partial charge on any atom is -0.295 e. The molecule has 0 N–H and O–H groups in total. The Labute approximate surface area is 84.8 Å². The second-order valence-electron chi connectivity index (χ2n) is 2.95. The third-order valence-electron chi connectivity index (χ3n) is 1.83. The van der Waals surface area contributed by atoms with Gasteiger partial charge >= 0.3 is 0 Å². The van der Waals surface area contributed by atoms with Gasteiger partial charge in [0.05, 0.1) is 0 Å². The molecule has 0 radical (unpaired) electrons. The molecule has 0 atom stereocenters. The van der Waals surface area contributed by atoms with E-state index in [-0.39, 0.29) is 5.78 Å². The number of benzene rings is 1. The van der Waals surface area contributed by atoms with Gasteiger partial charge in [-0.25, -0.2) is 0 Å². The number of ketones is 1. The van der Waals surface area contributed by atoms with Crippen LogP contribution in [-0.2, 0) is 4.79 Å². The average molecular weight is 186 g/mol. The first kappa shape index (κ1) is 10.5. The van der Waals surface area contributed by atoms with E-state index in [2.05, 4.69) is 0 Å². The van der Waals surface area contributed by atoms with Gasteiger partial charge < -0.3 is 0 Å². The highest BCUT2D eigenvalue weighted by Gasteiger charge is 1.86. The van der Waals surface area contributed by atoms with Gasteiger partial charge in [-0.05, 0) is 11.6 Å². The summed E-state index contributed by atoms with van der Waals surface area (Å²) < 4.78 is 0. The molecule has 0 aromatic heterocycles. The fourth-order valence-corrected chi connectivity index (χ4v) is 1.01. The van der Waals surface area contributed by atoms with E-state index in [0.717, 1.165) is 5.56 Å². The molecule has 72 valence electrons. The van der Waals surface area contributed by atoms with Crippen molar-refractivity contribution in [1.82, 2.24) is 0 Å². The molecular formula is C13H14O. The standard InChI is InChI=1S/C13H14O/c1-2-13(14)11-7-6-10-12-8-4-3-5-9-12/h3-11H,2H2,1H3. The third kappa shape index (κ3) is 3.85.